The zero-order valence-electron chi connectivity index (χ0n) is 18.9. The average molecular weight is 453 g/mol. The first-order chi connectivity index (χ1) is 16.5. The number of fused-ring (bicyclic) bond motifs is 1. The second kappa shape index (κ2) is 10.4. The van der Waals surface area contributed by atoms with Gasteiger partial charge in [-0.1, -0.05) is 60.2 Å². The van der Waals surface area contributed by atoms with Gasteiger partial charge in [0.2, 0.25) is 0 Å². The molecule has 6 nitrogen and oxygen atoms in total. The summed E-state index contributed by atoms with van der Waals surface area (Å²) in [4.78, 5) is 24.9. The highest BCUT2D eigenvalue weighted by atomic mass is 16.5. The number of carbonyl (C=O) groups is 2. The Hall–Kier alpha value is -4.45. The van der Waals surface area contributed by atoms with Gasteiger partial charge in [0.25, 0.3) is 5.91 Å². The molecule has 0 fully saturated rings. The van der Waals surface area contributed by atoms with Crippen molar-refractivity contribution >= 4 is 28.9 Å². The fourth-order valence-corrected chi connectivity index (χ4v) is 3.40. The topological polar surface area (TPSA) is 77.0 Å². The van der Waals surface area contributed by atoms with Gasteiger partial charge >= 0.3 is 5.97 Å². The van der Waals surface area contributed by atoms with Crippen molar-refractivity contribution in [1.82, 2.24) is 5.43 Å². The second-order valence-electron chi connectivity index (χ2n) is 7.85. The molecular formula is C28H24N2O4. The Labute approximate surface area is 197 Å². The molecule has 170 valence electrons. The summed E-state index contributed by atoms with van der Waals surface area (Å²) in [5, 5.41) is 5.87. The number of hydrazone groups is 1. The Bertz CT molecular complexity index is 1360. The average Bonchev–Trinajstić information content (AvgIpc) is 2.84. The molecule has 0 bridgehead atoms. The Kier molecular flexibility index (Phi) is 6.98. The summed E-state index contributed by atoms with van der Waals surface area (Å²) >= 11 is 0. The summed E-state index contributed by atoms with van der Waals surface area (Å²) in [6.07, 6.45) is 1.48. The van der Waals surface area contributed by atoms with Crippen LogP contribution in [0.1, 0.15) is 27.0 Å². The third-order valence-corrected chi connectivity index (χ3v) is 5.16. The van der Waals surface area contributed by atoms with Crippen LogP contribution in [0.25, 0.3) is 10.8 Å². The van der Waals surface area contributed by atoms with Gasteiger partial charge in [-0.15, -0.1) is 0 Å². The molecule has 34 heavy (non-hydrogen) atoms. The lowest BCUT2D eigenvalue weighted by molar-refractivity contribution is -0.123. The normalized spacial score (nSPS) is 10.9. The molecule has 0 atom stereocenters. The van der Waals surface area contributed by atoms with Gasteiger partial charge < -0.3 is 9.47 Å². The van der Waals surface area contributed by atoms with Gasteiger partial charge in [0.1, 0.15) is 11.5 Å². The molecule has 0 radical (unpaired) electrons. The van der Waals surface area contributed by atoms with Crippen LogP contribution in [0.4, 0.5) is 0 Å². The number of carbonyl (C=O) groups excluding carboxylic acids is 2. The van der Waals surface area contributed by atoms with Crippen molar-refractivity contribution in [3.05, 3.63) is 107 Å². The van der Waals surface area contributed by atoms with Crippen LogP contribution in [-0.4, -0.2) is 24.7 Å². The summed E-state index contributed by atoms with van der Waals surface area (Å²) in [7, 11) is 0. The highest BCUT2D eigenvalue weighted by Gasteiger charge is 2.13. The number of nitrogens with one attached hydrogen (secondary N) is 1. The van der Waals surface area contributed by atoms with Crippen molar-refractivity contribution in [3.8, 4) is 11.5 Å². The van der Waals surface area contributed by atoms with Gasteiger partial charge in [-0.3, -0.25) is 4.79 Å². The Morgan fingerprint density at radius 2 is 1.68 bits per heavy atom. The number of ether oxygens (including phenoxy) is 2. The molecule has 0 aromatic heterocycles. The van der Waals surface area contributed by atoms with Crippen molar-refractivity contribution < 1.29 is 19.1 Å². The minimum Gasteiger partial charge on any atom is -0.484 e. The predicted octanol–water partition coefficient (Wildman–Crippen LogP) is 5.20. The van der Waals surface area contributed by atoms with Gasteiger partial charge in [0.05, 0.1) is 11.8 Å². The fraction of sp³-hybridized carbons (Fsp3) is 0.107. The summed E-state index contributed by atoms with van der Waals surface area (Å²) in [5.41, 5.74) is 5.59. The number of esters is 1. The zero-order chi connectivity index (χ0) is 23.9. The van der Waals surface area contributed by atoms with Crippen LogP contribution in [0.15, 0.2) is 90.0 Å². The van der Waals surface area contributed by atoms with E-state index in [0.29, 0.717) is 22.6 Å². The third-order valence-electron chi connectivity index (χ3n) is 5.16. The molecule has 4 aromatic rings. The third kappa shape index (κ3) is 5.66. The van der Waals surface area contributed by atoms with E-state index in [0.717, 1.165) is 21.9 Å². The molecule has 0 aliphatic heterocycles. The van der Waals surface area contributed by atoms with Crippen molar-refractivity contribution in [1.29, 1.82) is 0 Å². The van der Waals surface area contributed by atoms with Crippen LogP contribution in [0.5, 0.6) is 11.5 Å². The Morgan fingerprint density at radius 1 is 0.882 bits per heavy atom. The molecule has 0 saturated carbocycles. The maximum absolute atomic E-state index is 12.7. The summed E-state index contributed by atoms with van der Waals surface area (Å²) in [6.45, 7) is 3.73. The molecule has 4 aromatic carbocycles. The van der Waals surface area contributed by atoms with Crippen molar-refractivity contribution in [2.75, 3.05) is 6.61 Å². The summed E-state index contributed by atoms with van der Waals surface area (Å²) in [5.74, 6) is 0.0773. The van der Waals surface area contributed by atoms with Gasteiger partial charge in [-0.05, 0) is 60.5 Å². The summed E-state index contributed by atoms with van der Waals surface area (Å²) < 4.78 is 11.2. The van der Waals surface area contributed by atoms with Crippen LogP contribution < -0.4 is 14.9 Å². The van der Waals surface area contributed by atoms with E-state index < -0.39 is 11.9 Å². The molecule has 0 heterocycles. The van der Waals surface area contributed by atoms with Crippen LogP contribution in [0.2, 0.25) is 0 Å². The molecule has 1 N–H and O–H groups in total. The van der Waals surface area contributed by atoms with Crippen LogP contribution in [0, 0.1) is 13.8 Å². The van der Waals surface area contributed by atoms with E-state index in [-0.39, 0.29) is 6.61 Å². The largest absolute Gasteiger partial charge is 0.484 e. The van der Waals surface area contributed by atoms with Gasteiger partial charge in [-0.2, -0.15) is 5.10 Å². The number of hydrogen-bond donors (Lipinski definition) is 1. The SMILES string of the molecule is Cc1ccc(C(=O)Oc2ccc3ccccc3c2/C=N\NC(=O)COc2cccc(C)c2)cc1. The van der Waals surface area contributed by atoms with E-state index in [1.165, 1.54) is 6.21 Å². The van der Waals surface area contributed by atoms with E-state index in [2.05, 4.69) is 10.5 Å². The lowest BCUT2D eigenvalue weighted by Gasteiger charge is -2.11. The lowest BCUT2D eigenvalue weighted by Crippen LogP contribution is -2.24. The molecular weight excluding hydrogens is 428 g/mol. The minimum atomic E-state index is -0.472. The Morgan fingerprint density at radius 3 is 2.47 bits per heavy atom. The molecule has 1 amide bonds. The highest BCUT2D eigenvalue weighted by Crippen LogP contribution is 2.27. The lowest BCUT2D eigenvalue weighted by atomic mass is 10.0. The first-order valence-electron chi connectivity index (χ1n) is 10.8. The van der Waals surface area contributed by atoms with Crippen LogP contribution in [0.3, 0.4) is 0 Å². The quantitative estimate of drug-likeness (QED) is 0.181. The second-order valence-corrected chi connectivity index (χ2v) is 7.85. The predicted molar refractivity (Wildman–Crippen MR) is 132 cm³/mol. The first kappa shape index (κ1) is 22.7. The number of amides is 1. The molecule has 6 heteroatoms. The molecule has 0 unspecified atom stereocenters. The number of nitrogens with zero attached hydrogens (tertiary/aromatic N) is 1. The van der Waals surface area contributed by atoms with E-state index >= 15 is 0 Å². The standard InChI is InChI=1S/C28H24N2O4/c1-19-10-12-22(13-11-19)28(32)34-26-15-14-21-7-3-4-9-24(21)25(26)17-29-30-27(31)18-33-23-8-5-6-20(2)16-23/h3-17H,18H2,1-2H3,(H,30,31)/b29-17-. The van der Waals surface area contributed by atoms with E-state index in [9.17, 15) is 9.59 Å². The maximum Gasteiger partial charge on any atom is 0.343 e. The fourth-order valence-electron chi connectivity index (χ4n) is 3.40. The number of rotatable bonds is 7. The zero-order valence-corrected chi connectivity index (χ0v) is 18.9. The van der Waals surface area contributed by atoms with Gasteiger partial charge in [0, 0.05) is 5.56 Å². The molecule has 0 aliphatic carbocycles. The van der Waals surface area contributed by atoms with Crippen molar-refractivity contribution in [2.45, 2.75) is 13.8 Å². The molecule has 0 aliphatic rings. The molecule has 0 saturated heterocycles. The minimum absolute atomic E-state index is 0.175. The molecule has 0 spiro atoms. The first-order valence-corrected chi connectivity index (χ1v) is 10.8. The van der Waals surface area contributed by atoms with E-state index in [1.54, 1.807) is 24.3 Å². The van der Waals surface area contributed by atoms with Gasteiger partial charge in [-0.25, -0.2) is 10.2 Å². The smallest absolute Gasteiger partial charge is 0.343 e. The number of aryl methyl sites for hydroxylation is 2. The number of hydrogen-bond acceptors (Lipinski definition) is 5. The van der Waals surface area contributed by atoms with Crippen LogP contribution in [-0.2, 0) is 4.79 Å². The van der Waals surface area contributed by atoms with Crippen LogP contribution >= 0.6 is 0 Å². The monoisotopic (exact) mass is 452 g/mol. The molecule has 4 rings (SSSR count). The highest BCUT2D eigenvalue weighted by molar-refractivity contribution is 6.04. The van der Waals surface area contributed by atoms with E-state index in [4.69, 9.17) is 9.47 Å². The number of benzene rings is 4. The Balaban J connectivity index is 1.50. The van der Waals surface area contributed by atoms with Crippen molar-refractivity contribution in [2.24, 2.45) is 5.10 Å². The summed E-state index contributed by atoms with van der Waals surface area (Å²) in [6, 6.07) is 25.9. The van der Waals surface area contributed by atoms with E-state index in [1.807, 2.05) is 74.5 Å². The van der Waals surface area contributed by atoms with Gasteiger partial charge in [0.15, 0.2) is 6.61 Å². The van der Waals surface area contributed by atoms with Crippen molar-refractivity contribution in [3.63, 3.8) is 0 Å². The maximum atomic E-state index is 12.7.